The van der Waals surface area contributed by atoms with Gasteiger partial charge in [0.05, 0.1) is 20.3 Å². The van der Waals surface area contributed by atoms with Crippen LogP contribution in [0.25, 0.3) is 0 Å². The lowest BCUT2D eigenvalue weighted by Gasteiger charge is -2.23. The first-order valence-electron chi connectivity index (χ1n) is 10.1. The van der Waals surface area contributed by atoms with Crippen molar-refractivity contribution < 1.29 is 9.47 Å². The molecular formula is C21H36N4O2. The van der Waals surface area contributed by atoms with Crippen molar-refractivity contribution >= 4 is 5.96 Å². The van der Waals surface area contributed by atoms with Crippen LogP contribution in [0.15, 0.2) is 23.2 Å². The van der Waals surface area contributed by atoms with Gasteiger partial charge in [0.1, 0.15) is 5.75 Å². The van der Waals surface area contributed by atoms with Crippen LogP contribution in [-0.2, 0) is 11.2 Å². The van der Waals surface area contributed by atoms with E-state index in [1.807, 2.05) is 6.07 Å². The third kappa shape index (κ3) is 7.03. The summed E-state index contributed by atoms with van der Waals surface area (Å²) in [5, 5.41) is 6.82. The van der Waals surface area contributed by atoms with Crippen LogP contribution in [0, 0.1) is 6.92 Å². The maximum absolute atomic E-state index is 5.47. The Kier molecular flexibility index (Phi) is 9.42. The van der Waals surface area contributed by atoms with Crippen molar-refractivity contribution in [1.29, 1.82) is 0 Å². The second-order valence-electron chi connectivity index (χ2n) is 7.04. The molecule has 1 atom stereocenters. The lowest BCUT2D eigenvalue weighted by atomic mass is 10.1. The van der Waals surface area contributed by atoms with Crippen molar-refractivity contribution in [3.8, 4) is 5.75 Å². The van der Waals surface area contributed by atoms with Crippen molar-refractivity contribution in [2.24, 2.45) is 4.99 Å². The number of nitrogens with zero attached hydrogens (tertiary/aromatic N) is 2. The number of ether oxygens (including phenoxy) is 2. The van der Waals surface area contributed by atoms with Crippen LogP contribution in [0.5, 0.6) is 5.75 Å². The molecular weight excluding hydrogens is 340 g/mol. The Morgan fingerprint density at radius 1 is 1.30 bits per heavy atom. The molecule has 0 amide bonds. The number of hydrogen-bond acceptors (Lipinski definition) is 4. The lowest BCUT2D eigenvalue weighted by molar-refractivity contribution is 0.142. The number of guanidine groups is 1. The van der Waals surface area contributed by atoms with Gasteiger partial charge in [0.25, 0.3) is 0 Å². The first-order valence-corrected chi connectivity index (χ1v) is 10.1. The molecule has 1 heterocycles. The van der Waals surface area contributed by atoms with E-state index >= 15 is 0 Å². The summed E-state index contributed by atoms with van der Waals surface area (Å²) in [5.74, 6) is 1.84. The van der Waals surface area contributed by atoms with Crippen LogP contribution in [0.2, 0.25) is 0 Å². The minimum atomic E-state index is 0.521. The normalized spacial score (nSPS) is 17.9. The summed E-state index contributed by atoms with van der Waals surface area (Å²) in [5.41, 5.74) is 2.48. The second-order valence-corrected chi connectivity index (χ2v) is 7.04. The van der Waals surface area contributed by atoms with E-state index in [0.717, 1.165) is 57.5 Å². The average molecular weight is 377 g/mol. The van der Waals surface area contributed by atoms with Gasteiger partial charge >= 0.3 is 0 Å². The fourth-order valence-corrected chi connectivity index (χ4v) is 3.56. The summed E-state index contributed by atoms with van der Waals surface area (Å²) < 4.78 is 10.7. The molecule has 1 aliphatic rings. The topological polar surface area (TPSA) is 58.1 Å². The number of aliphatic imine (C=N–C) groups is 1. The molecule has 6 nitrogen and oxygen atoms in total. The molecule has 0 spiro atoms. The van der Waals surface area contributed by atoms with Crippen LogP contribution in [0.1, 0.15) is 30.9 Å². The van der Waals surface area contributed by atoms with Crippen LogP contribution < -0.4 is 15.4 Å². The highest BCUT2D eigenvalue weighted by Crippen LogP contribution is 2.20. The summed E-state index contributed by atoms with van der Waals surface area (Å²) in [6.45, 7) is 9.65. The Hall–Kier alpha value is -1.79. The molecule has 1 unspecified atom stereocenters. The van der Waals surface area contributed by atoms with Crippen LogP contribution in [-0.4, -0.2) is 70.5 Å². The Morgan fingerprint density at radius 2 is 2.15 bits per heavy atom. The van der Waals surface area contributed by atoms with Gasteiger partial charge in [0, 0.05) is 32.8 Å². The molecule has 0 radical (unpaired) electrons. The van der Waals surface area contributed by atoms with Gasteiger partial charge in [-0.15, -0.1) is 0 Å². The summed E-state index contributed by atoms with van der Waals surface area (Å²) in [7, 11) is 3.49. The van der Waals surface area contributed by atoms with Crippen LogP contribution in [0.4, 0.5) is 0 Å². The highest BCUT2D eigenvalue weighted by atomic mass is 16.5. The third-order valence-corrected chi connectivity index (χ3v) is 5.01. The van der Waals surface area contributed by atoms with Crippen molar-refractivity contribution in [3.63, 3.8) is 0 Å². The van der Waals surface area contributed by atoms with Crippen molar-refractivity contribution in [2.75, 3.05) is 53.6 Å². The summed E-state index contributed by atoms with van der Waals surface area (Å²) >= 11 is 0. The fourth-order valence-electron chi connectivity index (χ4n) is 3.56. The molecule has 6 heteroatoms. The monoisotopic (exact) mass is 376 g/mol. The maximum Gasteiger partial charge on any atom is 0.191 e. The molecule has 1 aromatic carbocycles. The van der Waals surface area contributed by atoms with Crippen LogP contribution >= 0.6 is 0 Å². The van der Waals surface area contributed by atoms with Gasteiger partial charge in [0.15, 0.2) is 5.96 Å². The van der Waals surface area contributed by atoms with Gasteiger partial charge in [-0.05, 0) is 51.3 Å². The second kappa shape index (κ2) is 11.8. The summed E-state index contributed by atoms with van der Waals surface area (Å²) in [6.07, 6.45) is 3.37. The number of benzene rings is 1. The Bertz CT molecular complexity index is 592. The third-order valence-electron chi connectivity index (χ3n) is 5.01. The van der Waals surface area contributed by atoms with Gasteiger partial charge in [0.2, 0.25) is 0 Å². The molecule has 1 aromatic rings. The van der Waals surface area contributed by atoms with E-state index in [0.29, 0.717) is 6.04 Å². The fraction of sp³-hybridized carbons (Fsp3) is 0.667. The Labute approximate surface area is 164 Å². The molecule has 1 aliphatic heterocycles. The average Bonchev–Trinajstić information content (AvgIpc) is 3.12. The largest absolute Gasteiger partial charge is 0.496 e. The van der Waals surface area contributed by atoms with E-state index < -0.39 is 0 Å². The molecule has 2 N–H and O–H groups in total. The zero-order chi connectivity index (χ0) is 19.5. The molecule has 0 bridgehead atoms. The van der Waals surface area contributed by atoms with Crippen molar-refractivity contribution in [3.05, 3.63) is 29.3 Å². The number of nitrogens with one attached hydrogen (secondary N) is 2. The van der Waals surface area contributed by atoms with E-state index in [9.17, 15) is 0 Å². The van der Waals surface area contributed by atoms with Gasteiger partial charge in [-0.2, -0.15) is 0 Å². The van der Waals surface area contributed by atoms with E-state index in [-0.39, 0.29) is 0 Å². The predicted octanol–water partition coefficient (Wildman–Crippen LogP) is 2.21. The highest BCUT2D eigenvalue weighted by Gasteiger charge is 2.23. The number of hydrogen-bond donors (Lipinski definition) is 2. The standard InChI is InChI=1S/C21H36N4O2/c1-5-22-21(24-16-19-7-6-12-25(19)13-14-26-3)23-11-10-18-15-17(2)8-9-20(18)27-4/h8-9,15,19H,5-7,10-14,16H2,1-4H3,(H2,22,23,24). The number of aryl methyl sites for hydroxylation is 1. The van der Waals surface area contributed by atoms with Gasteiger partial charge in [-0.1, -0.05) is 17.7 Å². The summed E-state index contributed by atoms with van der Waals surface area (Å²) in [6, 6.07) is 6.83. The van der Waals surface area contributed by atoms with Gasteiger partial charge in [-0.3, -0.25) is 9.89 Å². The number of likely N-dealkylation sites (tertiary alicyclic amines) is 1. The number of methoxy groups -OCH3 is 2. The Balaban J connectivity index is 1.87. The molecule has 27 heavy (non-hydrogen) atoms. The van der Waals surface area contributed by atoms with Gasteiger partial charge < -0.3 is 20.1 Å². The van der Waals surface area contributed by atoms with E-state index in [2.05, 4.69) is 41.5 Å². The first kappa shape index (κ1) is 21.5. The minimum Gasteiger partial charge on any atom is -0.496 e. The van der Waals surface area contributed by atoms with Crippen LogP contribution in [0.3, 0.4) is 0 Å². The molecule has 0 saturated carbocycles. The molecule has 1 fully saturated rings. The summed E-state index contributed by atoms with van der Waals surface area (Å²) in [4.78, 5) is 7.32. The quantitative estimate of drug-likeness (QED) is 0.484. The molecule has 0 aliphatic carbocycles. The van der Waals surface area contributed by atoms with E-state index in [1.165, 1.54) is 24.0 Å². The smallest absolute Gasteiger partial charge is 0.191 e. The molecule has 2 rings (SSSR count). The highest BCUT2D eigenvalue weighted by molar-refractivity contribution is 5.79. The van der Waals surface area contributed by atoms with Crippen molar-refractivity contribution in [2.45, 2.75) is 39.2 Å². The predicted molar refractivity (Wildman–Crippen MR) is 112 cm³/mol. The zero-order valence-electron chi connectivity index (χ0n) is 17.4. The molecule has 152 valence electrons. The molecule has 1 saturated heterocycles. The van der Waals surface area contributed by atoms with E-state index in [1.54, 1.807) is 14.2 Å². The lowest BCUT2D eigenvalue weighted by Crippen LogP contribution is -2.40. The minimum absolute atomic E-state index is 0.521. The number of rotatable bonds is 10. The molecule has 0 aromatic heterocycles. The Morgan fingerprint density at radius 3 is 2.89 bits per heavy atom. The van der Waals surface area contributed by atoms with Gasteiger partial charge in [-0.25, -0.2) is 0 Å². The zero-order valence-corrected chi connectivity index (χ0v) is 17.4. The van der Waals surface area contributed by atoms with Crippen molar-refractivity contribution in [1.82, 2.24) is 15.5 Å². The SMILES string of the molecule is CCNC(=NCC1CCCN1CCOC)NCCc1cc(C)ccc1OC. The maximum atomic E-state index is 5.47. The van der Waals surface area contributed by atoms with E-state index in [4.69, 9.17) is 14.5 Å². The first-order chi connectivity index (χ1) is 13.2.